The minimum absolute atomic E-state index is 0.162. The lowest BCUT2D eigenvalue weighted by molar-refractivity contribution is -0.123. The number of ether oxygens (including phenoxy) is 2. The van der Waals surface area contributed by atoms with Crippen LogP contribution in [-0.4, -0.2) is 41.7 Å². The molecule has 0 saturated heterocycles. The van der Waals surface area contributed by atoms with E-state index in [2.05, 4.69) is 10.6 Å². The molecule has 1 fully saturated rings. The van der Waals surface area contributed by atoms with Crippen LogP contribution in [0.4, 0.5) is 0 Å². The molecule has 264 valence electrons. The lowest BCUT2D eigenvalue weighted by atomic mass is 9.85. The first-order chi connectivity index (χ1) is 24.4. The van der Waals surface area contributed by atoms with Crippen LogP contribution in [0.15, 0.2) is 109 Å². The molecule has 5 rings (SSSR count). The SMILES string of the molecule is Cc1ccc(OCCC(=O)NC(Cc2ccccc2)[C@@H](O)CC(CCCC2CCCCC2)NC(=O)c2cccc(Oc3ccccc3)c2)cc1. The van der Waals surface area contributed by atoms with Gasteiger partial charge in [-0.25, -0.2) is 0 Å². The standard InChI is InChI=1S/C43H52N2O5/c1-32-23-25-37(26-24-32)49-28-27-42(47)45-40(29-34-15-7-3-8-16-34)41(46)31-36(19-11-17-33-13-5-2-6-14-33)44-43(48)35-18-12-22-39(30-35)50-38-20-9-4-10-21-38/h3-4,7-10,12,15-16,18,20-26,30,33,36,40-41,46H,2,5-6,11,13-14,17,19,27-29,31H2,1H3,(H,44,48)(H,45,47)/t36?,40?,41-/m0/s1. The summed E-state index contributed by atoms with van der Waals surface area (Å²) in [5.74, 6) is 2.31. The van der Waals surface area contributed by atoms with Crippen molar-refractivity contribution in [3.05, 3.63) is 126 Å². The first-order valence-electron chi connectivity index (χ1n) is 18.3. The van der Waals surface area contributed by atoms with E-state index in [9.17, 15) is 14.7 Å². The molecule has 4 aromatic carbocycles. The van der Waals surface area contributed by atoms with Crippen molar-refractivity contribution in [2.24, 2.45) is 5.92 Å². The average molecular weight is 677 g/mol. The van der Waals surface area contributed by atoms with Crippen molar-refractivity contribution < 1.29 is 24.2 Å². The summed E-state index contributed by atoms with van der Waals surface area (Å²) in [5, 5.41) is 18.1. The first-order valence-corrected chi connectivity index (χ1v) is 18.3. The Balaban J connectivity index is 1.25. The van der Waals surface area contributed by atoms with Gasteiger partial charge in [0.1, 0.15) is 17.2 Å². The summed E-state index contributed by atoms with van der Waals surface area (Å²) in [6.45, 7) is 2.25. The number of benzene rings is 4. The van der Waals surface area contributed by atoms with E-state index >= 15 is 0 Å². The Morgan fingerprint density at radius 2 is 1.50 bits per heavy atom. The second kappa shape index (κ2) is 19.5. The Kier molecular flexibility index (Phi) is 14.3. The Bertz CT molecular complexity index is 1590. The Hall–Kier alpha value is -4.62. The zero-order chi connectivity index (χ0) is 35.0. The van der Waals surface area contributed by atoms with Crippen LogP contribution in [-0.2, 0) is 11.2 Å². The van der Waals surface area contributed by atoms with Crippen molar-refractivity contribution in [3.63, 3.8) is 0 Å². The number of aliphatic hydroxyl groups excluding tert-OH is 1. The first kappa shape index (κ1) is 36.7. The number of nitrogens with one attached hydrogen (secondary N) is 2. The van der Waals surface area contributed by atoms with Gasteiger partial charge in [-0.1, -0.05) is 117 Å². The van der Waals surface area contributed by atoms with Crippen molar-refractivity contribution in [1.29, 1.82) is 0 Å². The van der Waals surface area contributed by atoms with Gasteiger partial charge >= 0.3 is 0 Å². The van der Waals surface area contributed by atoms with Crippen molar-refractivity contribution >= 4 is 11.8 Å². The topological polar surface area (TPSA) is 96.9 Å². The zero-order valence-electron chi connectivity index (χ0n) is 29.3. The lowest BCUT2D eigenvalue weighted by Crippen LogP contribution is -2.48. The van der Waals surface area contributed by atoms with E-state index < -0.39 is 12.1 Å². The van der Waals surface area contributed by atoms with Gasteiger partial charge in [0.05, 0.1) is 25.2 Å². The number of aliphatic hydroxyl groups is 1. The molecule has 0 bridgehead atoms. The van der Waals surface area contributed by atoms with Gasteiger partial charge in [-0.15, -0.1) is 0 Å². The molecule has 0 radical (unpaired) electrons. The summed E-state index contributed by atoms with van der Waals surface area (Å²) >= 11 is 0. The van der Waals surface area contributed by atoms with Crippen molar-refractivity contribution in [2.75, 3.05) is 6.61 Å². The van der Waals surface area contributed by atoms with Gasteiger partial charge in [0.25, 0.3) is 5.91 Å². The molecule has 50 heavy (non-hydrogen) atoms. The van der Waals surface area contributed by atoms with Gasteiger partial charge < -0.3 is 25.2 Å². The molecular weight excluding hydrogens is 624 g/mol. The maximum atomic E-state index is 13.7. The highest BCUT2D eigenvalue weighted by Crippen LogP contribution is 2.29. The van der Waals surface area contributed by atoms with Crippen LogP contribution in [0.1, 0.15) is 85.7 Å². The van der Waals surface area contributed by atoms with E-state index in [4.69, 9.17) is 9.47 Å². The van der Waals surface area contributed by atoms with E-state index in [-0.39, 0.29) is 30.9 Å². The fraction of sp³-hybridized carbons (Fsp3) is 0.395. The van der Waals surface area contributed by atoms with Crippen LogP contribution in [0.25, 0.3) is 0 Å². The maximum absolute atomic E-state index is 13.7. The summed E-state index contributed by atoms with van der Waals surface area (Å²) in [5.41, 5.74) is 2.65. The smallest absolute Gasteiger partial charge is 0.251 e. The molecule has 0 aromatic heterocycles. The van der Waals surface area contributed by atoms with Gasteiger partial charge in [-0.05, 0) is 80.1 Å². The molecule has 0 spiro atoms. The van der Waals surface area contributed by atoms with E-state index in [1.165, 1.54) is 32.1 Å². The summed E-state index contributed by atoms with van der Waals surface area (Å²) in [6, 6.07) is 33.4. The monoisotopic (exact) mass is 676 g/mol. The fourth-order valence-electron chi connectivity index (χ4n) is 6.75. The quantitative estimate of drug-likeness (QED) is 0.0981. The Labute approximate surface area is 297 Å². The van der Waals surface area contributed by atoms with Gasteiger partial charge in [-0.2, -0.15) is 0 Å². The molecule has 0 aliphatic heterocycles. The van der Waals surface area contributed by atoms with Crippen molar-refractivity contribution in [2.45, 2.75) is 95.7 Å². The van der Waals surface area contributed by atoms with E-state index in [1.807, 2.05) is 104 Å². The number of hydrogen-bond donors (Lipinski definition) is 3. The van der Waals surface area contributed by atoms with Crippen LogP contribution in [0.2, 0.25) is 0 Å². The third-order valence-corrected chi connectivity index (χ3v) is 9.55. The summed E-state index contributed by atoms with van der Waals surface area (Å²) in [7, 11) is 0. The van der Waals surface area contributed by atoms with Gasteiger partial charge in [-0.3, -0.25) is 9.59 Å². The van der Waals surface area contributed by atoms with Crippen LogP contribution < -0.4 is 20.1 Å². The van der Waals surface area contributed by atoms with Crippen molar-refractivity contribution in [1.82, 2.24) is 10.6 Å². The number of para-hydroxylation sites is 1. The second-order valence-corrected chi connectivity index (χ2v) is 13.6. The minimum Gasteiger partial charge on any atom is -0.493 e. The van der Waals surface area contributed by atoms with Crippen LogP contribution >= 0.6 is 0 Å². The number of amides is 2. The predicted octanol–water partition coefficient (Wildman–Crippen LogP) is 8.58. The number of carbonyl (C=O) groups excluding carboxylic acids is 2. The van der Waals surface area contributed by atoms with Crippen LogP contribution in [0.3, 0.4) is 0 Å². The number of aryl methyl sites for hydroxylation is 1. The van der Waals surface area contributed by atoms with E-state index in [0.29, 0.717) is 35.7 Å². The molecule has 2 amide bonds. The third kappa shape index (κ3) is 12.4. The minimum atomic E-state index is -0.884. The molecule has 7 heteroatoms. The summed E-state index contributed by atoms with van der Waals surface area (Å²) < 4.78 is 11.8. The maximum Gasteiger partial charge on any atom is 0.251 e. The number of hydrogen-bond acceptors (Lipinski definition) is 5. The normalized spacial score (nSPS) is 15.0. The molecule has 0 heterocycles. The Morgan fingerprint density at radius 3 is 2.24 bits per heavy atom. The summed E-state index contributed by atoms with van der Waals surface area (Å²) in [6.07, 6.45) is 9.33. The second-order valence-electron chi connectivity index (χ2n) is 13.6. The fourth-order valence-corrected chi connectivity index (χ4v) is 6.75. The van der Waals surface area contributed by atoms with Crippen LogP contribution in [0, 0.1) is 12.8 Å². The molecule has 1 aliphatic carbocycles. The van der Waals surface area contributed by atoms with Crippen molar-refractivity contribution in [3.8, 4) is 17.2 Å². The predicted molar refractivity (Wildman–Crippen MR) is 199 cm³/mol. The highest BCUT2D eigenvalue weighted by Gasteiger charge is 2.27. The molecule has 4 aromatic rings. The molecule has 1 aliphatic rings. The Morgan fingerprint density at radius 1 is 0.800 bits per heavy atom. The molecule has 1 saturated carbocycles. The molecular formula is C43H52N2O5. The zero-order valence-corrected chi connectivity index (χ0v) is 29.3. The highest BCUT2D eigenvalue weighted by atomic mass is 16.5. The highest BCUT2D eigenvalue weighted by molar-refractivity contribution is 5.94. The largest absolute Gasteiger partial charge is 0.493 e. The number of rotatable bonds is 18. The van der Waals surface area contributed by atoms with Gasteiger partial charge in [0.15, 0.2) is 0 Å². The van der Waals surface area contributed by atoms with Gasteiger partial charge in [0, 0.05) is 11.6 Å². The molecule has 2 unspecified atom stereocenters. The molecule has 3 N–H and O–H groups in total. The molecule has 7 nitrogen and oxygen atoms in total. The van der Waals surface area contributed by atoms with E-state index in [0.717, 1.165) is 36.3 Å². The number of carbonyl (C=O) groups is 2. The average Bonchev–Trinajstić information content (AvgIpc) is 3.13. The van der Waals surface area contributed by atoms with Crippen LogP contribution in [0.5, 0.6) is 17.2 Å². The molecule has 3 atom stereocenters. The van der Waals surface area contributed by atoms with Gasteiger partial charge in [0.2, 0.25) is 5.91 Å². The third-order valence-electron chi connectivity index (χ3n) is 9.55. The lowest BCUT2D eigenvalue weighted by Gasteiger charge is -2.29. The van der Waals surface area contributed by atoms with E-state index in [1.54, 1.807) is 12.1 Å². The summed E-state index contributed by atoms with van der Waals surface area (Å²) in [4.78, 5) is 26.8.